The number of aliphatic hydroxyl groups is 1. The Morgan fingerprint density at radius 3 is 2.53 bits per heavy atom. The minimum absolute atomic E-state index is 0.0645. The molecule has 1 fully saturated rings. The quantitative estimate of drug-likeness (QED) is 0.775. The van der Waals surface area contributed by atoms with Crippen molar-refractivity contribution in [1.29, 1.82) is 0 Å². The molecule has 1 aliphatic carbocycles. The number of carbonyl (C=O) groups is 2. The summed E-state index contributed by atoms with van der Waals surface area (Å²) in [5.41, 5.74) is 3.72. The van der Waals surface area contributed by atoms with Gasteiger partial charge in [-0.25, -0.2) is 0 Å². The summed E-state index contributed by atoms with van der Waals surface area (Å²) in [5.74, 6) is 0.662. The van der Waals surface area contributed by atoms with Crippen molar-refractivity contribution in [3.63, 3.8) is 0 Å². The van der Waals surface area contributed by atoms with E-state index in [2.05, 4.69) is 30.0 Å². The van der Waals surface area contributed by atoms with Crippen LogP contribution in [0.25, 0.3) is 0 Å². The van der Waals surface area contributed by atoms with Crippen LogP contribution in [0.1, 0.15) is 78.3 Å². The van der Waals surface area contributed by atoms with Crippen molar-refractivity contribution < 1.29 is 14.7 Å². The lowest BCUT2D eigenvalue weighted by Gasteiger charge is -2.42. The van der Waals surface area contributed by atoms with E-state index in [1.807, 2.05) is 24.3 Å². The highest BCUT2D eigenvalue weighted by molar-refractivity contribution is 5.98. The highest BCUT2D eigenvalue weighted by Gasteiger charge is 2.39. The molecule has 2 aliphatic heterocycles. The van der Waals surface area contributed by atoms with Gasteiger partial charge in [0, 0.05) is 30.1 Å². The number of rotatable bonds is 4. The Balaban J connectivity index is 1.39. The molecule has 1 N–H and O–H groups in total. The second-order valence-corrected chi connectivity index (χ2v) is 9.61. The third-order valence-electron chi connectivity index (χ3n) is 7.79. The van der Waals surface area contributed by atoms with Crippen LogP contribution in [0.15, 0.2) is 48.5 Å². The van der Waals surface area contributed by atoms with Gasteiger partial charge >= 0.3 is 0 Å². The van der Waals surface area contributed by atoms with Crippen LogP contribution in [0.2, 0.25) is 0 Å². The molecular weight excluding hydrogens is 400 g/mol. The number of amides is 2. The number of benzene rings is 2. The molecule has 2 amide bonds. The Bertz CT molecular complexity index is 1020. The summed E-state index contributed by atoms with van der Waals surface area (Å²) in [5, 5.41) is 10.8. The Hall–Kier alpha value is -2.66. The predicted molar refractivity (Wildman–Crippen MR) is 123 cm³/mol. The van der Waals surface area contributed by atoms with Crippen molar-refractivity contribution in [2.24, 2.45) is 11.8 Å². The van der Waals surface area contributed by atoms with Gasteiger partial charge in [0.25, 0.3) is 5.91 Å². The first-order valence-corrected chi connectivity index (χ1v) is 12.0. The molecule has 168 valence electrons. The lowest BCUT2D eigenvalue weighted by atomic mass is 9.78. The van der Waals surface area contributed by atoms with E-state index in [0.29, 0.717) is 30.0 Å². The van der Waals surface area contributed by atoms with Crippen LogP contribution in [0, 0.1) is 11.8 Å². The summed E-state index contributed by atoms with van der Waals surface area (Å²) < 4.78 is 0. The molecule has 5 rings (SSSR count). The summed E-state index contributed by atoms with van der Waals surface area (Å²) in [6, 6.07) is 15.6. The van der Waals surface area contributed by atoms with Crippen LogP contribution in [-0.4, -0.2) is 39.8 Å². The van der Waals surface area contributed by atoms with Crippen molar-refractivity contribution in [2.45, 2.75) is 57.7 Å². The van der Waals surface area contributed by atoms with Gasteiger partial charge in [0.2, 0.25) is 5.91 Å². The molecule has 0 bridgehead atoms. The van der Waals surface area contributed by atoms with Crippen LogP contribution in [0.4, 0.5) is 0 Å². The third kappa shape index (κ3) is 3.62. The average molecular weight is 433 g/mol. The first kappa shape index (κ1) is 21.2. The molecule has 1 unspecified atom stereocenters. The Labute approximate surface area is 190 Å². The van der Waals surface area contributed by atoms with Crippen LogP contribution >= 0.6 is 0 Å². The molecule has 2 heterocycles. The number of nitrogens with zero attached hydrogens (tertiary/aromatic N) is 2. The second kappa shape index (κ2) is 8.70. The molecule has 2 aromatic carbocycles. The highest BCUT2D eigenvalue weighted by Crippen LogP contribution is 2.39. The van der Waals surface area contributed by atoms with Gasteiger partial charge in [0.15, 0.2) is 6.23 Å². The zero-order chi connectivity index (χ0) is 22.2. The Morgan fingerprint density at radius 1 is 1.03 bits per heavy atom. The second-order valence-electron chi connectivity index (χ2n) is 9.61. The first-order valence-electron chi connectivity index (χ1n) is 12.0. The molecule has 0 radical (unpaired) electrons. The van der Waals surface area contributed by atoms with Gasteiger partial charge in [-0.15, -0.1) is 0 Å². The summed E-state index contributed by atoms with van der Waals surface area (Å²) in [6.07, 6.45) is 5.02. The molecule has 0 saturated heterocycles. The van der Waals surface area contributed by atoms with Gasteiger partial charge in [-0.1, -0.05) is 62.2 Å². The van der Waals surface area contributed by atoms with E-state index < -0.39 is 6.23 Å². The standard InChI is InChI=1S/C27H32N2O3/c1-18-8-2-4-10-20(18)25(30)28-16-14-19-9-3-5-11-21(19)24(28)15-17-29-26(31)22-12-6-7-13-23(22)27(29)32/h3,5-7,9,11-13,18,20,24,26,31H,2,4,8,10,14-17H2,1H3/t18-,20+,24-,26?/m1/s1. The number of fused-ring (bicyclic) bond motifs is 2. The zero-order valence-electron chi connectivity index (χ0n) is 18.7. The lowest BCUT2D eigenvalue weighted by Crippen LogP contribution is -2.46. The molecule has 0 spiro atoms. The molecule has 4 atom stereocenters. The van der Waals surface area contributed by atoms with Crippen molar-refractivity contribution in [2.75, 3.05) is 13.1 Å². The number of aliphatic hydroxyl groups excluding tert-OH is 1. The van der Waals surface area contributed by atoms with Gasteiger partial charge in [-0.3, -0.25) is 9.59 Å². The maximum Gasteiger partial charge on any atom is 0.256 e. The minimum atomic E-state index is -0.917. The van der Waals surface area contributed by atoms with Crippen molar-refractivity contribution in [3.05, 3.63) is 70.8 Å². The zero-order valence-corrected chi connectivity index (χ0v) is 18.7. The Morgan fingerprint density at radius 2 is 1.75 bits per heavy atom. The maximum atomic E-state index is 13.7. The summed E-state index contributed by atoms with van der Waals surface area (Å²) in [7, 11) is 0. The van der Waals surface area contributed by atoms with E-state index >= 15 is 0 Å². The normalized spacial score (nSPS) is 27.2. The van der Waals surface area contributed by atoms with Crippen molar-refractivity contribution >= 4 is 11.8 Å². The molecule has 3 aliphatic rings. The largest absolute Gasteiger partial charge is 0.369 e. The van der Waals surface area contributed by atoms with E-state index in [1.165, 1.54) is 17.5 Å². The summed E-state index contributed by atoms with van der Waals surface area (Å²) >= 11 is 0. The summed E-state index contributed by atoms with van der Waals surface area (Å²) in [4.78, 5) is 30.2. The lowest BCUT2D eigenvalue weighted by molar-refractivity contribution is -0.141. The van der Waals surface area contributed by atoms with E-state index in [-0.39, 0.29) is 23.8 Å². The fraction of sp³-hybridized carbons (Fsp3) is 0.481. The maximum absolute atomic E-state index is 13.7. The molecule has 5 heteroatoms. The molecule has 5 nitrogen and oxygen atoms in total. The van der Waals surface area contributed by atoms with Gasteiger partial charge < -0.3 is 14.9 Å². The summed E-state index contributed by atoms with van der Waals surface area (Å²) in [6.45, 7) is 3.35. The molecule has 2 aromatic rings. The molecular formula is C27H32N2O3. The fourth-order valence-corrected chi connectivity index (χ4v) is 5.96. The van der Waals surface area contributed by atoms with Crippen molar-refractivity contribution in [1.82, 2.24) is 9.80 Å². The molecule has 32 heavy (non-hydrogen) atoms. The van der Waals surface area contributed by atoms with Crippen LogP contribution in [0.5, 0.6) is 0 Å². The first-order chi connectivity index (χ1) is 15.6. The molecule has 0 aromatic heterocycles. The van der Waals surface area contributed by atoms with E-state index in [1.54, 1.807) is 11.0 Å². The average Bonchev–Trinajstić information content (AvgIpc) is 3.07. The smallest absolute Gasteiger partial charge is 0.256 e. The Kier molecular flexibility index (Phi) is 5.76. The predicted octanol–water partition coefficient (Wildman–Crippen LogP) is 4.48. The fourth-order valence-electron chi connectivity index (χ4n) is 5.96. The van der Waals surface area contributed by atoms with E-state index in [4.69, 9.17) is 0 Å². The van der Waals surface area contributed by atoms with Crippen molar-refractivity contribution in [3.8, 4) is 0 Å². The van der Waals surface area contributed by atoms with Crippen LogP contribution < -0.4 is 0 Å². The topological polar surface area (TPSA) is 60.9 Å². The van der Waals surface area contributed by atoms with Gasteiger partial charge in [0.1, 0.15) is 0 Å². The highest BCUT2D eigenvalue weighted by atomic mass is 16.3. The SMILES string of the molecule is C[C@@H]1CCCC[C@@H]1C(=O)N1CCc2ccccc2[C@H]1CCN1C(=O)c2ccccc2C1O. The van der Waals surface area contributed by atoms with Crippen LogP contribution in [-0.2, 0) is 11.2 Å². The van der Waals surface area contributed by atoms with Crippen LogP contribution in [0.3, 0.4) is 0 Å². The third-order valence-corrected chi connectivity index (χ3v) is 7.79. The minimum Gasteiger partial charge on any atom is -0.369 e. The number of hydrogen-bond acceptors (Lipinski definition) is 3. The monoisotopic (exact) mass is 432 g/mol. The number of carbonyl (C=O) groups excluding carboxylic acids is 2. The van der Waals surface area contributed by atoms with E-state index in [0.717, 1.165) is 32.2 Å². The van der Waals surface area contributed by atoms with E-state index in [9.17, 15) is 14.7 Å². The van der Waals surface area contributed by atoms with Gasteiger partial charge in [-0.2, -0.15) is 0 Å². The number of hydrogen-bond donors (Lipinski definition) is 1. The molecule has 1 saturated carbocycles. The van der Waals surface area contributed by atoms with Gasteiger partial charge in [-0.05, 0) is 48.8 Å². The van der Waals surface area contributed by atoms with Gasteiger partial charge in [0.05, 0.1) is 6.04 Å².